The van der Waals surface area contributed by atoms with Gasteiger partial charge in [-0.1, -0.05) is 6.07 Å². The van der Waals surface area contributed by atoms with Crippen molar-refractivity contribution in [2.24, 2.45) is 0 Å². The van der Waals surface area contributed by atoms with E-state index >= 15 is 0 Å². The average molecular weight is 226 g/mol. The van der Waals surface area contributed by atoms with Gasteiger partial charge in [-0.25, -0.2) is 9.67 Å². The van der Waals surface area contributed by atoms with E-state index in [-0.39, 0.29) is 0 Å². The molecule has 2 atom stereocenters. The maximum atomic E-state index is 4.52. The van der Waals surface area contributed by atoms with E-state index in [1.165, 1.54) is 17.7 Å². The standard InChI is InChI=1S/C13H14N4/c1-2-4-15-12(3-1)17-13-10-5-9(6-14-7-10)11(13)8-16-17/h1-4,8-10,14H,5-7H2. The number of hydrogen-bond donors (Lipinski definition) is 1. The summed E-state index contributed by atoms with van der Waals surface area (Å²) in [6.45, 7) is 2.17. The summed E-state index contributed by atoms with van der Waals surface area (Å²) >= 11 is 0. The molecule has 0 aromatic carbocycles. The zero-order valence-corrected chi connectivity index (χ0v) is 9.50. The smallest absolute Gasteiger partial charge is 0.153 e. The number of fused-ring (bicyclic) bond motifs is 5. The van der Waals surface area contributed by atoms with Crippen molar-refractivity contribution >= 4 is 0 Å². The third kappa shape index (κ3) is 1.27. The summed E-state index contributed by atoms with van der Waals surface area (Å²) in [7, 11) is 0. The van der Waals surface area contributed by atoms with Crippen molar-refractivity contribution in [2.45, 2.75) is 18.3 Å². The van der Waals surface area contributed by atoms with E-state index in [1.54, 1.807) is 0 Å². The molecule has 4 heteroatoms. The van der Waals surface area contributed by atoms with Gasteiger partial charge in [0.2, 0.25) is 0 Å². The molecule has 17 heavy (non-hydrogen) atoms. The highest BCUT2D eigenvalue weighted by Crippen LogP contribution is 2.43. The Morgan fingerprint density at radius 1 is 1.24 bits per heavy atom. The lowest BCUT2D eigenvalue weighted by atomic mass is 9.98. The molecule has 0 amide bonds. The van der Waals surface area contributed by atoms with E-state index in [1.807, 2.05) is 35.3 Å². The van der Waals surface area contributed by atoms with Crippen LogP contribution in [-0.4, -0.2) is 27.9 Å². The van der Waals surface area contributed by atoms with Crippen molar-refractivity contribution in [1.29, 1.82) is 0 Å². The van der Waals surface area contributed by atoms with E-state index in [9.17, 15) is 0 Å². The summed E-state index contributed by atoms with van der Waals surface area (Å²) in [5, 5.41) is 8.01. The van der Waals surface area contributed by atoms with Gasteiger partial charge < -0.3 is 5.32 Å². The lowest BCUT2D eigenvalue weighted by Crippen LogP contribution is -2.29. The largest absolute Gasteiger partial charge is 0.315 e. The van der Waals surface area contributed by atoms with Crippen LogP contribution in [0.5, 0.6) is 0 Å². The van der Waals surface area contributed by atoms with Crippen molar-refractivity contribution in [3.8, 4) is 5.82 Å². The Labute approximate surface area is 99.7 Å². The van der Waals surface area contributed by atoms with Crippen LogP contribution in [0.3, 0.4) is 0 Å². The molecule has 86 valence electrons. The third-order valence-electron chi connectivity index (χ3n) is 3.88. The van der Waals surface area contributed by atoms with Gasteiger partial charge in [-0.15, -0.1) is 0 Å². The molecule has 2 aromatic heterocycles. The zero-order chi connectivity index (χ0) is 11.2. The summed E-state index contributed by atoms with van der Waals surface area (Å²) < 4.78 is 2.02. The van der Waals surface area contributed by atoms with Crippen LogP contribution in [0.1, 0.15) is 29.5 Å². The van der Waals surface area contributed by atoms with Crippen molar-refractivity contribution in [1.82, 2.24) is 20.1 Å². The second kappa shape index (κ2) is 3.40. The lowest BCUT2D eigenvalue weighted by Gasteiger charge is -2.20. The topological polar surface area (TPSA) is 42.7 Å². The van der Waals surface area contributed by atoms with Gasteiger partial charge in [-0.3, -0.25) is 0 Å². The van der Waals surface area contributed by atoms with E-state index in [2.05, 4.69) is 15.4 Å². The fourth-order valence-electron chi connectivity index (χ4n) is 3.14. The first kappa shape index (κ1) is 9.36. The van der Waals surface area contributed by atoms with Crippen LogP contribution in [-0.2, 0) is 0 Å². The van der Waals surface area contributed by atoms with Gasteiger partial charge in [0.25, 0.3) is 0 Å². The molecule has 1 aliphatic heterocycles. The molecule has 1 saturated heterocycles. The molecule has 2 bridgehead atoms. The Hall–Kier alpha value is -1.68. The quantitative estimate of drug-likeness (QED) is 0.800. The molecule has 2 aromatic rings. The highest BCUT2D eigenvalue weighted by molar-refractivity contribution is 5.39. The van der Waals surface area contributed by atoms with Crippen molar-refractivity contribution in [2.75, 3.05) is 13.1 Å². The highest BCUT2D eigenvalue weighted by atomic mass is 15.3. The lowest BCUT2D eigenvalue weighted by molar-refractivity contribution is 0.442. The van der Waals surface area contributed by atoms with Crippen LogP contribution in [0.25, 0.3) is 5.82 Å². The fraction of sp³-hybridized carbons (Fsp3) is 0.385. The van der Waals surface area contributed by atoms with Crippen molar-refractivity contribution in [3.63, 3.8) is 0 Å². The number of nitrogens with zero attached hydrogens (tertiary/aromatic N) is 3. The zero-order valence-electron chi connectivity index (χ0n) is 9.50. The minimum absolute atomic E-state index is 0.605. The van der Waals surface area contributed by atoms with Crippen LogP contribution in [0.4, 0.5) is 0 Å². The molecule has 2 aliphatic rings. The minimum atomic E-state index is 0.605. The number of piperidine rings is 1. The Bertz CT molecular complexity index is 546. The van der Waals surface area contributed by atoms with Crippen LogP contribution < -0.4 is 5.32 Å². The average Bonchev–Trinajstić information content (AvgIpc) is 2.93. The summed E-state index contributed by atoms with van der Waals surface area (Å²) in [4.78, 5) is 4.39. The van der Waals surface area contributed by atoms with Gasteiger partial charge in [0.05, 0.1) is 11.9 Å². The molecule has 3 heterocycles. The summed E-state index contributed by atoms with van der Waals surface area (Å²) in [6.07, 6.45) is 5.12. The first-order valence-electron chi connectivity index (χ1n) is 6.13. The van der Waals surface area contributed by atoms with Gasteiger partial charge in [0, 0.05) is 31.1 Å². The van der Waals surface area contributed by atoms with Crippen LogP contribution >= 0.6 is 0 Å². The van der Waals surface area contributed by atoms with Gasteiger partial charge >= 0.3 is 0 Å². The highest BCUT2D eigenvalue weighted by Gasteiger charge is 2.37. The van der Waals surface area contributed by atoms with Crippen LogP contribution in [0.2, 0.25) is 0 Å². The Morgan fingerprint density at radius 3 is 3.06 bits per heavy atom. The van der Waals surface area contributed by atoms with E-state index in [0.29, 0.717) is 11.8 Å². The Morgan fingerprint density at radius 2 is 2.18 bits per heavy atom. The monoisotopic (exact) mass is 226 g/mol. The first-order valence-corrected chi connectivity index (χ1v) is 6.13. The number of rotatable bonds is 1. The number of aromatic nitrogens is 3. The predicted molar refractivity (Wildman–Crippen MR) is 64.3 cm³/mol. The summed E-state index contributed by atoms with van der Waals surface area (Å²) in [5.74, 6) is 2.19. The first-order chi connectivity index (χ1) is 8.43. The molecule has 0 spiro atoms. The fourth-order valence-corrected chi connectivity index (χ4v) is 3.14. The third-order valence-corrected chi connectivity index (χ3v) is 3.88. The van der Waals surface area contributed by atoms with E-state index in [0.717, 1.165) is 18.9 Å². The maximum Gasteiger partial charge on any atom is 0.153 e. The van der Waals surface area contributed by atoms with Crippen molar-refractivity contribution < 1.29 is 0 Å². The van der Waals surface area contributed by atoms with E-state index in [4.69, 9.17) is 0 Å². The number of hydrogen-bond acceptors (Lipinski definition) is 3. The van der Waals surface area contributed by atoms with Gasteiger partial charge in [0.1, 0.15) is 0 Å². The summed E-state index contributed by atoms with van der Waals surface area (Å²) in [6, 6.07) is 5.96. The minimum Gasteiger partial charge on any atom is -0.315 e. The molecule has 1 aliphatic carbocycles. The Kier molecular flexibility index (Phi) is 1.87. The molecule has 1 N–H and O–H groups in total. The maximum absolute atomic E-state index is 4.52. The van der Waals surface area contributed by atoms with Gasteiger partial charge in [-0.2, -0.15) is 5.10 Å². The van der Waals surface area contributed by atoms with Gasteiger partial charge in [0.15, 0.2) is 5.82 Å². The van der Waals surface area contributed by atoms with Crippen LogP contribution in [0.15, 0.2) is 30.6 Å². The van der Waals surface area contributed by atoms with Crippen molar-refractivity contribution in [3.05, 3.63) is 41.9 Å². The second-order valence-electron chi connectivity index (χ2n) is 4.87. The van der Waals surface area contributed by atoms with Crippen LogP contribution in [0, 0.1) is 0 Å². The SMILES string of the molecule is c1ccc(-n2ncc3c2C2CNCC3C2)nc1. The summed E-state index contributed by atoms with van der Waals surface area (Å²) in [5.41, 5.74) is 2.80. The molecule has 0 saturated carbocycles. The number of pyridine rings is 1. The normalized spacial score (nSPS) is 25.9. The van der Waals surface area contributed by atoms with E-state index < -0.39 is 0 Å². The molecular formula is C13H14N4. The second-order valence-corrected chi connectivity index (χ2v) is 4.87. The number of nitrogens with one attached hydrogen (secondary N) is 1. The molecular weight excluding hydrogens is 212 g/mol. The molecule has 4 nitrogen and oxygen atoms in total. The molecule has 2 unspecified atom stereocenters. The molecule has 4 rings (SSSR count). The molecule has 1 fully saturated rings. The predicted octanol–water partition coefficient (Wildman–Crippen LogP) is 1.44. The Balaban J connectivity index is 1.88. The van der Waals surface area contributed by atoms with Gasteiger partial charge in [-0.05, 0) is 24.1 Å². The molecule has 0 radical (unpaired) electrons.